The average Bonchev–Trinajstić information content (AvgIpc) is 2.12. The Balaban J connectivity index is 3.23. The summed E-state index contributed by atoms with van der Waals surface area (Å²) < 4.78 is 25.8. The van der Waals surface area contributed by atoms with Crippen molar-refractivity contribution in [3.63, 3.8) is 0 Å². The van der Waals surface area contributed by atoms with Crippen LogP contribution in [-0.2, 0) is 10.0 Å². The fourth-order valence-corrected chi connectivity index (χ4v) is 3.64. The lowest BCUT2D eigenvalue weighted by Crippen LogP contribution is -2.29. The van der Waals surface area contributed by atoms with Gasteiger partial charge in [-0.15, -0.1) is 0 Å². The molecule has 0 aliphatic heterocycles. The van der Waals surface area contributed by atoms with Gasteiger partial charge in [0.05, 0.1) is 10.0 Å². The quantitative estimate of drug-likeness (QED) is 0.892. The van der Waals surface area contributed by atoms with Gasteiger partial charge in [0, 0.05) is 18.1 Å². The zero-order valence-electron chi connectivity index (χ0n) is 8.00. The lowest BCUT2D eigenvalue weighted by Gasteiger charge is -2.09. The van der Waals surface area contributed by atoms with E-state index in [-0.39, 0.29) is 33.1 Å². The van der Waals surface area contributed by atoms with Crippen LogP contribution in [0, 0.1) is 0 Å². The highest BCUT2D eigenvalue weighted by atomic mass is 35.5. The van der Waals surface area contributed by atoms with E-state index in [1.54, 1.807) is 0 Å². The minimum Gasteiger partial charge on any atom is -0.329 e. The summed E-state index contributed by atoms with van der Waals surface area (Å²) in [7, 11) is -3.75. The van der Waals surface area contributed by atoms with Crippen LogP contribution < -0.4 is 10.5 Å². The van der Waals surface area contributed by atoms with E-state index in [0.29, 0.717) is 0 Å². The van der Waals surface area contributed by atoms with Crippen molar-refractivity contribution in [1.29, 1.82) is 0 Å². The molecule has 0 amide bonds. The second-order valence-electron chi connectivity index (χ2n) is 2.89. The van der Waals surface area contributed by atoms with Crippen LogP contribution in [0.15, 0.2) is 17.0 Å². The van der Waals surface area contributed by atoms with Gasteiger partial charge in [0.1, 0.15) is 4.90 Å². The largest absolute Gasteiger partial charge is 0.329 e. The molecule has 90 valence electrons. The molecule has 16 heavy (non-hydrogen) atoms. The highest BCUT2D eigenvalue weighted by Crippen LogP contribution is 2.32. The Morgan fingerprint density at radius 3 is 2.12 bits per heavy atom. The number of hydrogen-bond donors (Lipinski definition) is 2. The summed E-state index contributed by atoms with van der Waals surface area (Å²) in [6.45, 7) is 0.291. The Labute approximate surface area is 109 Å². The van der Waals surface area contributed by atoms with E-state index in [1.807, 2.05) is 0 Å². The van der Waals surface area contributed by atoms with Crippen LogP contribution in [0.3, 0.4) is 0 Å². The maximum atomic E-state index is 11.8. The summed E-state index contributed by atoms with van der Waals surface area (Å²) in [5.41, 5.74) is 5.20. The topological polar surface area (TPSA) is 72.2 Å². The molecule has 0 aliphatic carbocycles. The molecule has 0 atom stereocenters. The van der Waals surface area contributed by atoms with Gasteiger partial charge in [-0.25, -0.2) is 13.1 Å². The SMILES string of the molecule is NCCNS(=O)(=O)c1c(Cl)cc(Cl)cc1Cl. The highest BCUT2D eigenvalue weighted by molar-refractivity contribution is 7.89. The Morgan fingerprint density at radius 2 is 1.69 bits per heavy atom. The molecule has 0 saturated heterocycles. The molecule has 0 heterocycles. The van der Waals surface area contributed by atoms with Gasteiger partial charge < -0.3 is 5.73 Å². The van der Waals surface area contributed by atoms with Crippen LogP contribution >= 0.6 is 34.8 Å². The van der Waals surface area contributed by atoms with Crippen molar-refractivity contribution in [1.82, 2.24) is 4.72 Å². The van der Waals surface area contributed by atoms with Crippen molar-refractivity contribution in [2.24, 2.45) is 5.73 Å². The third-order valence-corrected chi connectivity index (χ3v) is 4.27. The Morgan fingerprint density at radius 1 is 1.19 bits per heavy atom. The van der Waals surface area contributed by atoms with E-state index < -0.39 is 10.0 Å². The maximum absolute atomic E-state index is 11.8. The van der Waals surface area contributed by atoms with Crippen LogP contribution in [0.2, 0.25) is 15.1 Å². The zero-order chi connectivity index (χ0) is 12.3. The molecule has 3 N–H and O–H groups in total. The molecule has 0 saturated carbocycles. The summed E-state index contributed by atoms with van der Waals surface area (Å²) in [4.78, 5) is -0.186. The number of halogens is 3. The maximum Gasteiger partial charge on any atom is 0.243 e. The van der Waals surface area contributed by atoms with E-state index in [4.69, 9.17) is 40.5 Å². The van der Waals surface area contributed by atoms with Crippen LogP contribution in [0.25, 0.3) is 0 Å². The molecule has 1 aromatic carbocycles. The van der Waals surface area contributed by atoms with Crippen LogP contribution in [0.1, 0.15) is 0 Å². The number of hydrogen-bond acceptors (Lipinski definition) is 3. The Kier molecular flexibility index (Phi) is 4.85. The zero-order valence-corrected chi connectivity index (χ0v) is 11.1. The lowest BCUT2D eigenvalue weighted by atomic mass is 10.4. The normalized spacial score (nSPS) is 11.8. The molecule has 0 fully saturated rings. The first-order valence-corrected chi connectivity index (χ1v) is 6.84. The van der Waals surface area contributed by atoms with Gasteiger partial charge >= 0.3 is 0 Å². The molecular formula is C8H9Cl3N2O2S. The van der Waals surface area contributed by atoms with E-state index in [2.05, 4.69) is 4.72 Å². The second kappa shape index (κ2) is 5.53. The van der Waals surface area contributed by atoms with Gasteiger partial charge in [0.25, 0.3) is 0 Å². The third-order valence-electron chi connectivity index (χ3n) is 1.67. The van der Waals surface area contributed by atoms with E-state index in [9.17, 15) is 8.42 Å². The van der Waals surface area contributed by atoms with Crippen molar-refractivity contribution >= 4 is 44.8 Å². The van der Waals surface area contributed by atoms with Crippen molar-refractivity contribution in [3.8, 4) is 0 Å². The van der Waals surface area contributed by atoms with Gasteiger partial charge in [0.15, 0.2) is 0 Å². The fraction of sp³-hybridized carbons (Fsp3) is 0.250. The van der Waals surface area contributed by atoms with Crippen molar-refractivity contribution in [3.05, 3.63) is 27.2 Å². The molecule has 8 heteroatoms. The summed E-state index contributed by atoms with van der Waals surface area (Å²) in [5, 5.41) is 0.219. The molecule has 0 spiro atoms. The fourth-order valence-electron chi connectivity index (χ4n) is 1.05. The minimum absolute atomic E-state index is 0.0259. The number of nitrogens with one attached hydrogen (secondary N) is 1. The molecule has 0 aliphatic rings. The van der Waals surface area contributed by atoms with Gasteiger partial charge in [0.2, 0.25) is 10.0 Å². The molecule has 1 rings (SSSR count). The van der Waals surface area contributed by atoms with Crippen molar-refractivity contribution in [2.75, 3.05) is 13.1 Å². The first-order chi connectivity index (χ1) is 7.38. The molecule has 1 aromatic rings. The van der Waals surface area contributed by atoms with Gasteiger partial charge in [-0.2, -0.15) is 0 Å². The Hall–Kier alpha value is -0.0400. The summed E-state index contributed by atoms with van der Waals surface area (Å²) in [6, 6.07) is 2.62. The summed E-state index contributed by atoms with van der Waals surface area (Å²) in [6.07, 6.45) is 0. The summed E-state index contributed by atoms with van der Waals surface area (Å²) >= 11 is 17.2. The van der Waals surface area contributed by atoms with Gasteiger partial charge in [-0.1, -0.05) is 34.8 Å². The van der Waals surface area contributed by atoms with Gasteiger partial charge in [-0.3, -0.25) is 0 Å². The van der Waals surface area contributed by atoms with E-state index in [0.717, 1.165) is 0 Å². The first-order valence-electron chi connectivity index (χ1n) is 4.23. The minimum atomic E-state index is -3.75. The molecule has 4 nitrogen and oxygen atoms in total. The number of nitrogens with two attached hydrogens (primary N) is 1. The predicted molar refractivity (Wildman–Crippen MR) is 65.7 cm³/mol. The summed E-state index contributed by atoms with van der Waals surface area (Å²) in [5.74, 6) is 0. The van der Waals surface area contributed by atoms with Gasteiger partial charge in [-0.05, 0) is 12.1 Å². The molecule has 0 unspecified atom stereocenters. The van der Waals surface area contributed by atoms with E-state index in [1.165, 1.54) is 12.1 Å². The molecule has 0 bridgehead atoms. The lowest BCUT2D eigenvalue weighted by molar-refractivity contribution is 0.582. The average molecular weight is 304 g/mol. The molecule has 0 radical (unpaired) electrons. The first kappa shape index (κ1) is 14.0. The number of rotatable bonds is 4. The number of benzene rings is 1. The van der Waals surface area contributed by atoms with Crippen LogP contribution in [0.5, 0.6) is 0 Å². The van der Waals surface area contributed by atoms with Crippen LogP contribution in [-0.4, -0.2) is 21.5 Å². The van der Waals surface area contributed by atoms with Crippen molar-refractivity contribution in [2.45, 2.75) is 4.90 Å². The number of sulfonamides is 1. The van der Waals surface area contributed by atoms with E-state index >= 15 is 0 Å². The highest BCUT2D eigenvalue weighted by Gasteiger charge is 2.21. The Bertz CT molecular complexity index is 467. The van der Waals surface area contributed by atoms with Crippen LogP contribution in [0.4, 0.5) is 0 Å². The standard InChI is InChI=1S/C8H9Cl3N2O2S/c9-5-3-6(10)8(7(11)4-5)16(14,15)13-2-1-12/h3-4,13H,1-2,12H2. The molecule has 0 aromatic heterocycles. The predicted octanol–water partition coefficient (Wildman–Crippen LogP) is 1.88. The smallest absolute Gasteiger partial charge is 0.243 e. The monoisotopic (exact) mass is 302 g/mol. The van der Waals surface area contributed by atoms with Crippen molar-refractivity contribution < 1.29 is 8.42 Å². The third kappa shape index (κ3) is 3.23. The molecular weight excluding hydrogens is 295 g/mol. The second-order valence-corrected chi connectivity index (χ2v) is 5.84.